The molecule has 0 spiro atoms. The zero-order valence-corrected chi connectivity index (χ0v) is 12.8. The molecule has 0 bridgehead atoms. The van der Waals surface area contributed by atoms with Gasteiger partial charge >= 0.3 is 0 Å². The molecule has 0 saturated heterocycles. The van der Waals surface area contributed by atoms with Crippen LogP contribution in [0.2, 0.25) is 0 Å². The van der Waals surface area contributed by atoms with E-state index in [9.17, 15) is 0 Å². The monoisotopic (exact) mass is 285 g/mol. The number of hydrogen-bond acceptors (Lipinski definition) is 4. The van der Waals surface area contributed by atoms with Crippen molar-refractivity contribution in [2.75, 3.05) is 5.73 Å². The minimum atomic E-state index is 0.422. The van der Waals surface area contributed by atoms with Gasteiger partial charge in [-0.15, -0.1) is 5.10 Å². The average Bonchev–Trinajstić information content (AvgIpc) is 2.96. The fourth-order valence-corrected chi connectivity index (χ4v) is 3.52. The predicted molar refractivity (Wildman–Crippen MR) is 83.7 cm³/mol. The largest absolute Gasteiger partial charge is 0.399 e. The van der Waals surface area contributed by atoms with Gasteiger partial charge in [-0.1, -0.05) is 26.2 Å². The predicted octanol–water partition coefficient (Wildman–Crippen LogP) is 3.37. The molecule has 2 atom stereocenters. The number of benzene rings is 1. The summed E-state index contributed by atoms with van der Waals surface area (Å²) in [6.07, 6.45) is 6.23. The highest BCUT2D eigenvalue weighted by atomic mass is 15.5. The van der Waals surface area contributed by atoms with Crippen molar-refractivity contribution >= 4 is 5.69 Å². The molecule has 3 rings (SSSR count). The van der Waals surface area contributed by atoms with E-state index in [2.05, 4.69) is 29.4 Å². The Morgan fingerprint density at radius 1 is 1.29 bits per heavy atom. The van der Waals surface area contributed by atoms with Crippen LogP contribution in [0.25, 0.3) is 11.4 Å². The summed E-state index contributed by atoms with van der Waals surface area (Å²) in [7, 11) is 0. The zero-order valence-electron chi connectivity index (χ0n) is 12.8. The van der Waals surface area contributed by atoms with E-state index in [1.807, 2.05) is 22.9 Å². The van der Waals surface area contributed by atoms with Crippen molar-refractivity contribution in [2.45, 2.75) is 52.0 Å². The molecule has 1 aliphatic carbocycles. The Morgan fingerprint density at radius 2 is 2.10 bits per heavy atom. The Hall–Kier alpha value is -1.91. The van der Waals surface area contributed by atoms with Crippen molar-refractivity contribution in [2.24, 2.45) is 5.92 Å². The first-order valence-electron chi connectivity index (χ1n) is 7.85. The molecule has 5 heteroatoms. The second-order valence-corrected chi connectivity index (χ2v) is 6.04. The molecular formula is C16H23N5. The van der Waals surface area contributed by atoms with Gasteiger partial charge in [-0.05, 0) is 59.9 Å². The Kier molecular flexibility index (Phi) is 3.90. The molecule has 1 aromatic heterocycles. The van der Waals surface area contributed by atoms with E-state index in [1.54, 1.807) is 0 Å². The highest BCUT2D eigenvalue weighted by Crippen LogP contribution is 2.37. The first-order valence-corrected chi connectivity index (χ1v) is 7.85. The van der Waals surface area contributed by atoms with E-state index in [4.69, 9.17) is 5.73 Å². The number of aryl methyl sites for hydroxylation is 1. The Bertz CT molecular complexity index is 619. The van der Waals surface area contributed by atoms with E-state index in [1.165, 1.54) is 32.1 Å². The van der Waals surface area contributed by atoms with E-state index < -0.39 is 0 Å². The maximum Gasteiger partial charge on any atom is 0.182 e. The van der Waals surface area contributed by atoms with Gasteiger partial charge in [-0.25, -0.2) is 4.68 Å². The molecule has 1 aliphatic rings. The Balaban J connectivity index is 2.00. The third-order valence-electron chi connectivity index (χ3n) is 4.69. The molecule has 2 unspecified atom stereocenters. The maximum absolute atomic E-state index is 5.85. The summed E-state index contributed by atoms with van der Waals surface area (Å²) in [6, 6.07) is 6.34. The minimum Gasteiger partial charge on any atom is -0.399 e. The maximum atomic E-state index is 5.85. The fraction of sp³-hybridized carbons (Fsp3) is 0.562. The van der Waals surface area contributed by atoms with Crippen LogP contribution < -0.4 is 5.73 Å². The third-order valence-corrected chi connectivity index (χ3v) is 4.69. The van der Waals surface area contributed by atoms with Crippen LogP contribution in [-0.2, 0) is 0 Å². The van der Waals surface area contributed by atoms with E-state index in [0.717, 1.165) is 22.6 Å². The minimum absolute atomic E-state index is 0.422. The van der Waals surface area contributed by atoms with Crippen molar-refractivity contribution in [3.8, 4) is 11.4 Å². The molecule has 5 nitrogen and oxygen atoms in total. The lowest BCUT2D eigenvalue weighted by Crippen LogP contribution is -2.24. The van der Waals surface area contributed by atoms with Gasteiger partial charge in [0.25, 0.3) is 0 Å². The van der Waals surface area contributed by atoms with Crippen LogP contribution in [0.15, 0.2) is 18.2 Å². The first-order chi connectivity index (χ1) is 10.2. The van der Waals surface area contributed by atoms with Gasteiger partial charge in [0.1, 0.15) is 0 Å². The summed E-state index contributed by atoms with van der Waals surface area (Å²) in [5.41, 5.74) is 8.82. The van der Waals surface area contributed by atoms with Gasteiger partial charge in [0.05, 0.1) is 6.04 Å². The summed E-state index contributed by atoms with van der Waals surface area (Å²) in [6.45, 7) is 4.32. The second kappa shape index (κ2) is 5.84. The van der Waals surface area contributed by atoms with Crippen molar-refractivity contribution in [1.82, 2.24) is 20.2 Å². The number of anilines is 1. The first kappa shape index (κ1) is 14.0. The van der Waals surface area contributed by atoms with Gasteiger partial charge in [0, 0.05) is 11.3 Å². The highest BCUT2D eigenvalue weighted by Gasteiger charge is 2.28. The van der Waals surface area contributed by atoms with Crippen LogP contribution in [0, 0.1) is 12.8 Å². The van der Waals surface area contributed by atoms with Gasteiger partial charge in [-0.2, -0.15) is 0 Å². The molecule has 1 saturated carbocycles. The van der Waals surface area contributed by atoms with Crippen LogP contribution in [-0.4, -0.2) is 20.2 Å². The number of aromatic nitrogens is 4. The van der Waals surface area contributed by atoms with Crippen molar-refractivity contribution in [3.05, 3.63) is 23.8 Å². The van der Waals surface area contributed by atoms with Crippen LogP contribution in [0.4, 0.5) is 5.69 Å². The Morgan fingerprint density at radius 3 is 2.86 bits per heavy atom. The number of tetrazole rings is 1. The van der Waals surface area contributed by atoms with Crippen molar-refractivity contribution in [1.29, 1.82) is 0 Å². The molecule has 1 aromatic carbocycles. The normalized spacial score (nSPS) is 22.4. The number of nitrogen functional groups attached to an aromatic ring is 1. The lowest BCUT2D eigenvalue weighted by molar-refractivity contribution is 0.216. The van der Waals surface area contributed by atoms with Gasteiger partial charge < -0.3 is 5.73 Å². The van der Waals surface area contributed by atoms with Gasteiger partial charge in [0.15, 0.2) is 5.82 Å². The van der Waals surface area contributed by atoms with Crippen LogP contribution in [0.3, 0.4) is 0 Å². The van der Waals surface area contributed by atoms with Crippen LogP contribution >= 0.6 is 0 Å². The van der Waals surface area contributed by atoms with E-state index in [-0.39, 0.29) is 0 Å². The molecule has 0 radical (unpaired) electrons. The SMILES string of the molecule is CCC1CCCCC1n1nnnc1-c1ccc(N)cc1C. The number of hydrogen-bond donors (Lipinski definition) is 1. The summed E-state index contributed by atoms with van der Waals surface area (Å²) >= 11 is 0. The second-order valence-electron chi connectivity index (χ2n) is 6.04. The molecular weight excluding hydrogens is 262 g/mol. The van der Waals surface area contributed by atoms with E-state index >= 15 is 0 Å². The number of rotatable bonds is 3. The standard InChI is InChI=1S/C16H23N5/c1-3-12-6-4-5-7-15(12)21-16(18-19-20-21)14-9-8-13(17)10-11(14)2/h8-10,12,15H,3-7,17H2,1-2H3. The molecule has 21 heavy (non-hydrogen) atoms. The van der Waals surface area contributed by atoms with Crippen molar-refractivity contribution in [3.63, 3.8) is 0 Å². The summed E-state index contributed by atoms with van der Waals surface area (Å²) < 4.78 is 2.05. The molecule has 0 aliphatic heterocycles. The van der Waals surface area contributed by atoms with Crippen LogP contribution in [0.5, 0.6) is 0 Å². The summed E-state index contributed by atoms with van der Waals surface area (Å²) in [5.74, 6) is 1.55. The smallest absolute Gasteiger partial charge is 0.182 e. The Labute approximate surface area is 125 Å². The van der Waals surface area contributed by atoms with Gasteiger partial charge in [-0.3, -0.25) is 0 Å². The quantitative estimate of drug-likeness (QED) is 0.878. The summed E-state index contributed by atoms with van der Waals surface area (Å²) in [4.78, 5) is 0. The van der Waals surface area contributed by atoms with Gasteiger partial charge in [0.2, 0.25) is 0 Å². The van der Waals surface area contributed by atoms with E-state index in [0.29, 0.717) is 12.0 Å². The summed E-state index contributed by atoms with van der Waals surface area (Å²) in [5, 5.41) is 12.5. The average molecular weight is 285 g/mol. The molecule has 2 aromatic rings. The lowest BCUT2D eigenvalue weighted by Gasteiger charge is -2.31. The molecule has 0 amide bonds. The fourth-order valence-electron chi connectivity index (χ4n) is 3.52. The molecule has 1 heterocycles. The number of nitrogens with zero attached hydrogens (tertiary/aromatic N) is 4. The van der Waals surface area contributed by atoms with Crippen molar-refractivity contribution < 1.29 is 0 Å². The lowest BCUT2D eigenvalue weighted by atomic mass is 9.83. The van der Waals surface area contributed by atoms with Crippen LogP contribution in [0.1, 0.15) is 50.6 Å². The topological polar surface area (TPSA) is 69.6 Å². The number of nitrogens with two attached hydrogens (primary N) is 1. The zero-order chi connectivity index (χ0) is 14.8. The molecule has 112 valence electrons. The molecule has 1 fully saturated rings. The third kappa shape index (κ3) is 2.64. The highest BCUT2D eigenvalue weighted by molar-refractivity contribution is 5.63. The molecule has 2 N–H and O–H groups in total.